The lowest BCUT2D eigenvalue weighted by Gasteiger charge is -2.46. The zero-order chi connectivity index (χ0) is 12.3. The molecule has 4 atom stereocenters. The Labute approximate surface area is 101 Å². The van der Waals surface area contributed by atoms with Crippen molar-refractivity contribution in [2.24, 2.45) is 0 Å². The fourth-order valence-corrected chi connectivity index (χ4v) is 2.82. The Morgan fingerprint density at radius 1 is 1.25 bits per heavy atom. The molecule has 0 spiro atoms. The van der Waals surface area contributed by atoms with Gasteiger partial charge in [-0.3, -0.25) is 9.80 Å². The molecule has 1 heterocycles. The molecule has 4 unspecified atom stereocenters. The maximum absolute atomic E-state index is 3.43. The lowest BCUT2D eigenvalue weighted by molar-refractivity contribution is 0.0282. The highest BCUT2D eigenvalue weighted by molar-refractivity contribution is 4.88. The Bertz CT molecular complexity index is 191. The molecule has 0 aromatic heterocycles. The molecule has 1 aliphatic heterocycles. The van der Waals surface area contributed by atoms with Crippen LogP contribution in [0.2, 0.25) is 0 Å². The fraction of sp³-hybridized carbons (Fsp3) is 1.00. The molecule has 0 aromatic carbocycles. The Morgan fingerprint density at radius 3 is 2.12 bits per heavy atom. The average Bonchev–Trinajstić information content (AvgIpc) is 2.26. The second-order valence-corrected chi connectivity index (χ2v) is 5.36. The van der Waals surface area contributed by atoms with E-state index in [0.717, 1.165) is 0 Å². The molecule has 0 radical (unpaired) electrons. The van der Waals surface area contributed by atoms with Crippen LogP contribution in [0.25, 0.3) is 0 Å². The van der Waals surface area contributed by atoms with Crippen LogP contribution in [0.5, 0.6) is 0 Å². The summed E-state index contributed by atoms with van der Waals surface area (Å²) in [6.45, 7) is 11.7. The molecule has 1 aliphatic rings. The molecule has 0 saturated carbocycles. The summed E-state index contributed by atoms with van der Waals surface area (Å²) in [5.41, 5.74) is 0. The molecule has 3 heteroatoms. The minimum absolute atomic E-state index is 0.614. The van der Waals surface area contributed by atoms with Gasteiger partial charge in [0.1, 0.15) is 0 Å². The van der Waals surface area contributed by atoms with E-state index in [1.54, 1.807) is 0 Å². The highest BCUT2D eigenvalue weighted by atomic mass is 15.3. The van der Waals surface area contributed by atoms with Crippen LogP contribution >= 0.6 is 0 Å². The van der Waals surface area contributed by atoms with Crippen molar-refractivity contribution in [2.75, 3.05) is 27.2 Å². The van der Waals surface area contributed by atoms with E-state index < -0.39 is 0 Å². The second-order valence-electron chi connectivity index (χ2n) is 5.36. The summed E-state index contributed by atoms with van der Waals surface area (Å²) in [5.74, 6) is 0. The van der Waals surface area contributed by atoms with Crippen LogP contribution in [-0.4, -0.2) is 61.2 Å². The molecule has 1 N–H and O–H groups in total. The molecule has 1 fully saturated rings. The van der Waals surface area contributed by atoms with Crippen molar-refractivity contribution in [3.05, 3.63) is 0 Å². The van der Waals surface area contributed by atoms with E-state index in [-0.39, 0.29) is 0 Å². The van der Waals surface area contributed by atoms with Gasteiger partial charge in [0.2, 0.25) is 0 Å². The van der Waals surface area contributed by atoms with Crippen molar-refractivity contribution in [3.63, 3.8) is 0 Å². The SMILES string of the molecule is CCC(NC)C(C)N1CC(C)N(C)C(C)C1. The van der Waals surface area contributed by atoms with Crippen LogP contribution < -0.4 is 5.32 Å². The van der Waals surface area contributed by atoms with Crippen LogP contribution in [-0.2, 0) is 0 Å². The van der Waals surface area contributed by atoms with Crippen LogP contribution in [0.4, 0.5) is 0 Å². The van der Waals surface area contributed by atoms with Gasteiger partial charge in [0, 0.05) is 37.3 Å². The van der Waals surface area contributed by atoms with Crippen molar-refractivity contribution < 1.29 is 0 Å². The quantitative estimate of drug-likeness (QED) is 0.783. The van der Waals surface area contributed by atoms with Gasteiger partial charge < -0.3 is 5.32 Å². The van der Waals surface area contributed by atoms with Crippen LogP contribution in [0.1, 0.15) is 34.1 Å². The number of hydrogen-bond donors (Lipinski definition) is 1. The number of nitrogens with zero attached hydrogens (tertiary/aromatic N) is 2. The van der Waals surface area contributed by atoms with Crippen molar-refractivity contribution >= 4 is 0 Å². The van der Waals surface area contributed by atoms with Gasteiger partial charge in [-0.2, -0.15) is 0 Å². The lowest BCUT2D eigenvalue weighted by atomic mass is 10.0. The van der Waals surface area contributed by atoms with Crippen LogP contribution in [0.15, 0.2) is 0 Å². The number of piperazine rings is 1. The van der Waals surface area contributed by atoms with E-state index in [1.807, 2.05) is 0 Å². The van der Waals surface area contributed by atoms with Crippen molar-refractivity contribution in [1.82, 2.24) is 15.1 Å². The van der Waals surface area contributed by atoms with Crippen LogP contribution in [0.3, 0.4) is 0 Å². The van der Waals surface area contributed by atoms with E-state index in [9.17, 15) is 0 Å². The summed E-state index contributed by atoms with van der Waals surface area (Å²) >= 11 is 0. The molecule has 16 heavy (non-hydrogen) atoms. The van der Waals surface area contributed by atoms with Gasteiger partial charge in [-0.05, 0) is 41.3 Å². The first-order valence-corrected chi connectivity index (χ1v) is 6.64. The molecule has 1 saturated heterocycles. The molecular weight excluding hydrogens is 198 g/mol. The normalized spacial score (nSPS) is 32.6. The predicted molar refractivity (Wildman–Crippen MR) is 70.9 cm³/mol. The predicted octanol–water partition coefficient (Wildman–Crippen LogP) is 1.40. The third-order valence-electron chi connectivity index (χ3n) is 4.36. The summed E-state index contributed by atoms with van der Waals surface area (Å²) < 4.78 is 0. The van der Waals surface area contributed by atoms with Crippen molar-refractivity contribution in [2.45, 2.75) is 58.3 Å². The monoisotopic (exact) mass is 227 g/mol. The van der Waals surface area contributed by atoms with Gasteiger partial charge in [0.15, 0.2) is 0 Å². The van der Waals surface area contributed by atoms with Gasteiger partial charge in [0.25, 0.3) is 0 Å². The number of hydrogen-bond acceptors (Lipinski definition) is 3. The topological polar surface area (TPSA) is 18.5 Å². The second kappa shape index (κ2) is 5.99. The molecule has 1 rings (SSSR count). The fourth-order valence-electron chi connectivity index (χ4n) is 2.82. The van der Waals surface area contributed by atoms with Gasteiger partial charge in [0.05, 0.1) is 0 Å². The summed E-state index contributed by atoms with van der Waals surface area (Å²) in [6.07, 6.45) is 1.20. The summed E-state index contributed by atoms with van der Waals surface area (Å²) in [7, 11) is 4.32. The molecule has 0 bridgehead atoms. The van der Waals surface area contributed by atoms with Gasteiger partial charge in [-0.15, -0.1) is 0 Å². The molecular formula is C13H29N3. The number of likely N-dealkylation sites (N-methyl/N-ethyl adjacent to an activating group) is 2. The maximum Gasteiger partial charge on any atom is 0.0222 e. The van der Waals surface area contributed by atoms with E-state index in [2.05, 4.69) is 56.9 Å². The van der Waals surface area contributed by atoms with Crippen molar-refractivity contribution in [3.8, 4) is 0 Å². The largest absolute Gasteiger partial charge is 0.315 e. The first-order valence-electron chi connectivity index (χ1n) is 6.64. The molecule has 3 nitrogen and oxygen atoms in total. The van der Waals surface area contributed by atoms with Crippen LogP contribution in [0, 0.1) is 0 Å². The Morgan fingerprint density at radius 2 is 1.75 bits per heavy atom. The lowest BCUT2D eigenvalue weighted by Crippen LogP contribution is -2.60. The summed E-state index contributed by atoms with van der Waals surface area (Å²) in [6, 6.07) is 2.58. The van der Waals surface area contributed by atoms with E-state index >= 15 is 0 Å². The van der Waals surface area contributed by atoms with Gasteiger partial charge >= 0.3 is 0 Å². The smallest absolute Gasteiger partial charge is 0.0222 e. The highest BCUT2D eigenvalue weighted by Gasteiger charge is 2.31. The third kappa shape index (κ3) is 2.96. The first-order chi connectivity index (χ1) is 7.51. The van der Waals surface area contributed by atoms with Gasteiger partial charge in [-0.1, -0.05) is 6.92 Å². The first kappa shape index (κ1) is 13.9. The third-order valence-corrected chi connectivity index (χ3v) is 4.36. The number of rotatable bonds is 4. The Balaban J connectivity index is 2.60. The zero-order valence-electron chi connectivity index (χ0n) is 11.8. The minimum atomic E-state index is 0.614. The van der Waals surface area contributed by atoms with Crippen molar-refractivity contribution in [1.29, 1.82) is 0 Å². The Kier molecular flexibility index (Phi) is 5.22. The zero-order valence-corrected chi connectivity index (χ0v) is 11.8. The minimum Gasteiger partial charge on any atom is -0.315 e. The summed E-state index contributed by atoms with van der Waals surface area (Å²) in [4.78, 5) is 5.13. The molecule has 96 valence electrons. The average molecular weight is 227 g/mol. The maximum atomic E-state index is 3.43. The molecule has 0 aromatic rings. The Hall–Kier alpha value is -0.120. The molecule has 0 aliphatic carbocycles. The molecule has 0 amide bonds. The summed E-state index contributed by atoms with van der Waals surface area (Å²) in [5, 5.41) is 3.43. The van der Waals surface area contributed by atoms with E-state index in [0.29, 0.717) is 24.2 Å². The highest BCUT2D eigenvalue weighted by Crippen LogP contribution is 2.17. The van der Waals surface area contributed by atoms with E-state index in [4.69, 9.17) is 0 Å². The van der Waals surface area contributed by atoms with Gasteiger partial charge in [-0.25, -0.2) is 0 Å². The standard InChI is InChI=1S/C13H29N3/c1-7-13(14-5)12(4)16-8-10(2)15(6)11(3)9-16/h10-14H,7-9H2,1-6H3. The number of nitrogens with one attached hydrogen (secondary N) is 1. The van der Waals surface area contributed by atoms with E-state index in [1.165, 1.54) is 19.5 Å².